The van der Waals surface area contributed by atoms with Crippen LogP contribution in [0.15, 0.2) is 0 Å². The van der Waals surface area contributed by atoms with Crippen LogP contribution < -0.4 is 0 Å². The Labute approximate surface area is 73.7 Å². The van der Waals surface area contributed by atoms with E-state index in [0.717, 1.165) is 32.5 Å². The van der Waals surface area contributed by atoms with Gasteiger partial charge in [-0.25, -0.2) is 0 Å². The lowest BCUT2D eigenvalue weighted by Gasteiger charge is -2.16. The van der Waals surface area contributed by atoms with Crippen molar-refractivity contribution in [2.45, 2.75) is 32.5 Å². The summed E-state index contributed by atoms with van der Waals surface area (Å²) in [7, 11) is 0. The van der Waals surface area contributed by atoms with E-state index in [9.17, 15) is 0 Å². The van der Waals surface area contributed by atoms with Crippen molar-refractivity contribution in [2.24, 2.45) is 5.92 Å². The highest BCUT2D eigenvalue weighted by Crippen LogP contribution is 2.19. The van der Waals surface area contributed by atoms with Crippen molar-refractivity contribution in [3.05, 3.63) is 0 Å². The van der Waals surface area contributed by atoms with E-state index in [1.807, 2.05) is 0 Å². The molecule has 0 amide bonds. The second kappa shape index (κ2) is 5.51. The fraction of sp³-hybridized carbons (Fsp3) is 1.00. The predicted octanol–water partition coefficient (Wildman–Crippen LogP) is 1.16. The Balaban J connectivity index is 2.05. The molecule has 1 rings (SSSR count). The summed E-state index contributed by atoms with van der Waals surface area (Å²) in [5, 5.41) is 8.58. The Morgan fingerprint density at radius 3 is 2.58 bits per heavy atom. The van der Waals surface area contributed by atoms with Crippen LogP contribution >= 0.6 is 0 Å². The Morgan fingerprint density at radius 1 is 1.33 bits per heavy atom. The van der Waals surface area contributed by atoms with Crippen LogP contribution in [0.25, 0.3) is 0 Å². The molecule has 0 aliphatic carbocycles. The van der Waals surface area contributed by atoms with E-state index >= 15 is 0 Å². The van der Waals surface area contributed by atoms with Gasteiger partial charge >= 0.3 is 0 Å². The van der Waals surface area contributed by atoms with Crippen LogP contribution in [0.3, 0.4) is 0 Å². The average molecular weight is 174 g/mol. The smallest absolute Gasteiger partial charge is 0.160 e. The monoisotopic (exact) mass is 174 g/mol. The van der Waals surface area contributed by atoms with Crippen LogP contribution in [0, 0.1) is 5.92 Å². The summed E-state index contributed by atoms with van der Waals surface area (Å²) in [4.78, 5) is 0. The van der Waals surface area contributed by atoms with E-state index in [4.69, 9.17) is 14.6 Å². The number of hydrogen-bond acceptors (Lipinski definition) is 3. The number of rotatable bonds is 5. The molecule has 0 bridgehead atoms. The van der Waals surface area contributed by atoms with E-state index in [1.165, 1.54) is 0 Å². The summed E-state index contributed by atoms with van der Waals surface area (Å²) in [5.74, 6) is 0.457. The summed E-state index contributed by atoms with van der Waals surface area (Å²) < 4.78 is 10.7. The van der Waals surface area contributed by atoms with Crippen molar-refractivity contribution in [3.8, 4) is 0 Å². The molecule has 1 saturated heterocycles. The van der Waals surface area contributed by atoms with Crippen molar-refractivity contribution < 1.29 is 14.6 Å². The van der Waals surface area contributed by atoms with Crippen molar-refractivity contribution in [2.75, 3.05) is 19.8 Å². The molecule has 0 aromatic rings. The lowest BCUT2D eigenvalue weighted by atomic mass is 10.0. The fourth-order valence-corrected chi connectivity index (χ4v) is 1.42. The fourth-order valence-electron chi connectivity index (χ4n) is 1.42. The van der Waals surface area contributed by atoms with E-state index < -0.39 is 0 Å². The van der Waals surface area contributed by atoms with Gasteiger partial charge in [0, 0.05) is 12.5 Å². The first-order valence-electron chi connectivity index (χ1n) is 4.68. The first-order valence-corrected chi connectivity index (χ1v) is 4.68. The molecule has 0 aromatic heterocycles. The van der Waals surface area contributed by atoms with E-state index in [1.54, 1.807) is 0 Å². The van der Waals surface area contributed by atoms with Gasteiger partial charge in [-0.15, -0.1) is 0 Å². The van der Waals surface area contributed by atoms with Crippen molar-refractivity contribution in [1.29, 1.82) is 0 Å². The Hall–Kier alpha value is -0.120. The molecule has 0 aromatic carbocycles. The number of aliphatic hydroxyl groups excluding tert-OH is 1. The van der Waals surface area contributed by atoms with Gasteiger partial charge in [-0.2, -0.15) is 0 Å². The maximum Gasteiger partial charge on any atom is 0.160 e. The van der Waals surface area contributed by atoms with Crippen molar-refractivity contribution in [3.63, 3.8) is 0 Å². The maximum atomic E-state index is 8.58. The normalized spacial score (nSPS) is 21.5. The molecule has 1 unspecified atom stereocenters. The minimum absolute atomic E-state index is 0.00342. The summed E-state index contributed by atoms with van der Waals surface area (Å²) in [5.41, 5.74) is 0. The molecule has 0 saturated carbocycles. The Kier molecular flexibility index (Phi) is 4.58. The van der Waals surface area contributed by atoms with E-state index in [2.05, 4.69) is 6.92 Å². The molecule has 3 heteroatoms. The first kappa shape index (κ1) is 9.96. The van der Waals surface area contributed by atoms with Gasteiger partial charge in [-0.05, 0) is 12.8 Å². The summed E-state index contributed by atoms with van der Waals surface area (Å²) in [6.45, 7) is 3.89. The molecule has 3 nitrogen and oxygen atoms in total. The molecular weight excluding hydrogens is 156 g/mol. The topological polar surface area (TPSA) is 38.7 Å². The van der Waals surface area contributed by atoms with Gasteiger partial charge in [0.15, 0.2) is 6.29 Å². The van der Waals surface area contributed by atoms with Crippen LogP contribution in [0.4, 0.5) is 0 Å². The van der Waals surface area contributed by atoms with E-state index in [-0.39, 0.29) is 6.29 Å². The van der Waals surface area contributed by atoms with Crippen molar-refractivity contribution >= 4 is 0 Å². The Bertz CT molecular complexity index is 110. The second-order valence-corrected chi connectivity index (χ2v) is 3.31. The van der Waals surface area contributed by atoms with E-state index in [0.29, 0.717) is 12.5 Å². The third-order valence-corrected chi connectivity index (χ3v) is 2.18. The minimum Gasteiger partial charge on any atom is -0.396 e. The molecule has 1 N–H and O–H groups in total. The molecule has 1 atom stereocenters. The minimum atomic E-state index is 0.00342. The zero-order valence-electron chi connectivity index (χ0n) is 7.66. The van der Waals surface area contributed by atoms with Gasteiger partial charge < -0.3 is 14.6 Å². The SMILES string of the molecule is CC(CCCCO)C1OCCO1. The van der Waals surface area contributed by atoms with Gasteiger partial charge in [0.2, 0.25) is 0 Å². The summed E-state index contributed by atoms with van der Waals surface area (Å²) in [6, 6.07) is 0. The highest BCUT2D eigenvalue weighted by molar-refractivity contribution is 4.61. The van der Waals surface area contributed by atoms with Gasteiger partial charge in [-0.3, -0.25) is 0 Å². The predicted molar refractivity (Wildman–Crippen MR) is 45.8 cm³/mol. The highest BCUT2D eigenvalue weighted by atomic mass is 16.7. The standard InChI is InChI=1S/C9H18O3/c1-8(4-2-3-5-10)9-11-6-7-12-9/h8-10H,2-7H2,1H3. The Morgan fingerprint density at radius 2 is 2.00 bits per heavy atom. The van der Waals surface area contributed by atoms with Crippen LogP contribution in [0.5, 0.6) is 0 Å². The molecule has 12 heavy (non-hydrogen) atoms. The largest absolute Gasteiger partial charge is 0.396 e. The van der Waals surface area contributed by atoms with Gasteiger partial charge in [-0.1, -0.05) is 13.3 Å². The molecule has 1 aliphatic heterocycles. The second-order valence-electron chi connectivity index (χ2n) is 3.31. The number of hydrogen-bond donors (Lipinski definition) is 1. The first-order chi connectivity index (χ1) is 5.84. The van der Waals surface area contributed by atoms with Crippen LogP contribution in [-0.2, 0) is 9.47 Å². The zero-order valence-corrected chi connectivity index (χ0v) is 7.66. The molecular formula is C9H18O3. The van der Waals surface area contributed by atoms with Gasteiger partial charge in [0.1, 0.15) is 0 Å². The quantitative estimate of drug-likeness (QED) is 0.636. The molecule has 72 valence electrons. The number of unbranched alkanes of at least 4 members (excludes halogenated alkanes) is 1. The van der Waals surface area contributed by atoms with Crippen LogP contribution in [-0.4, -0.2) is 31.2 Å². The number of ether oxygens (including phenoxy) is 2. The molecule has 1 aliphatic rings. The van der Waals surface area contributed by atoms with Crippen LogP contribution in [0.2, 0.25) is 0 Å². The molecule has 1 fully saturated rings. The molecule has 0 spiro atoms. The lowest BCUT2D eigenvalue weighted by Crippen LogP contribution is -2.18. The highest BCUT2D eigenvalue weighted by Gasteiger charge is 2.22. The van der Waals surface area contributed by atoms with Gasteiger partial charge in [0.05, 0.1) is 13.2 Å². The third kappa shape index (κ3) is 3.09. The van der Waals surface area contributed by atoms with Crippen molar-refractivity contribution in [1.82, 2.24) is 0 Å². The number of aliphatic hydroxyl groups is 1. The summed E-state index contributed by atoms with van der Waals surface area (Å²) in [6.07, 6.45) is 3.02. The maximum absolute atomic E-state index is 8.58. The zero-order chi connectivity index (χ0) is 8.81. The summed E-state index contributed by atoms with van der Waals surface area (Å²) >= 11 is 0. The lowest BCUT2D eigenvalue weighted by molar-refractivity contribution is -0.0807. The van der Waals surface area contributed by atoms with Crippen LogP contribution in [0.1, 0.15) is 26.2 Å². The van der Waals surface area contributed by atoms with Gasteiger partial charge in [0.25, 0.3) is 0 Å². The molecule has 1 heterocycles. The average Bonchev–Trinajstić information content (AvgIpc) is 2.56. The third-order valence-electron chi connectivity index (χ3n) is 2.18. The molecule has 0 radical (unpaired) electrons.